The van der Waals surface area contributed by atoms with E-state index in [9.17, 15) is 19.2 Å². The zero-order chi connectivity index (χ0) is 30.3. The van der Waals surface area contributed by atoms with Gasteiger partial charge in [0.25, 0.3) is 0 Å². The number of aliphatic carboxylic acids is 1. The summed E-state index contributed by atoms with van der Waals surface area (Å²) in [5, 5.41) is 14.4. The number of carboxylic acids is 1. The number of amides is 3. The number of benzene rings is 1. The molecule has 0 aliphatic heterocycles. The van der Waals surface area contributed by atoms with Gasteiger partial charge in [0, 0.05) is 32.0 Å². The average Bonchev–Trinajstić information content (AvgIpc) is 2.96. The number of carboxylic acid groups (broad SMARTS) is 1. The van der Waals surface area contributed by atoms with Crippen molar-refractivity contribution in [1.29, 1.82) is 0 Å². The molecule has 0 saturated heterocycles. The Morgan fingerprint density at radius 3 is 2.49 bits per heavy atom. The number of hydrogen-bond donors (Lipinski definition) is 3. The van der Waals surface area contributed by atoms with Crippen molar-refractivity contribution in [2.75, 3.05) is 32.8 Å². The maximum absolute atomic E-state index is 12.6. The van der Waals surface area contributed by atoms with E-state index < -0.39 is 30.3 Å². The van der Waals surface area contributed by atoms with E-state index in [1.54, 1.807) is 20.8 Å². The number of nitrogens with zero attached hydrogens (tertiary/aromatic N) is 1. The summed E-state index contributed by atoms with van der Waals surface area (Å²) in [5.41, 5.74) is 2.46. The van der Waals surface area contributed by atoms with Gasteiger partial charge < -0.3 is 30.1 Å². The lowest BCUT2D eigenvalue weighted by Crippen LogP contribution is -2.42. The summed E-state index contributed by atoms with van der Waals surface area (Å²) in [6.07, 6.45) is 9.57. The summed E-state index contributed by atoms with van der Waals surface area (Å²) in [6, 6.07) is 8.07. The normalized spacial score (nSPS) is 16.2. The Morgan fingerprint density at radius 1 is 1.02 bits per heavy atom. The minimum atomic E-state index is -1.13. The van der Waals surface area contributed by atoms with Gasteiger partial charge in [0.15, 0.2) is 0 Å². The highest BCUT2D eigenvalue weighted by Crippen LogP contribution is 2.29. The Balaban J connectivity index is 1.70. The molecule has 0 radical (unpaired) electrons. The monoisotopic (exact) mass is 569 g/mol. The summed E-state index contributed by atoms with van der Waals surface area (Å²) >= 11 is 0. The van der Waals surface area contributed by atoms with Crippen LogP contribution >= 0.6 is 0 Å². The second-order valence-electron chi connectivity index (χ2n) is 10.8. The van der Waals surface area contributed by atoms with Gasteiger partial charge in [-0.25, -0.2) is 9.59 Å². The summed E-state index contributed by atoms with van der Waals surface area (Å²) < 4.78 is 10.7. The van der Waals surface area contributed by atoms with Crippen molar-refractivity contribution in [3.05, 3.63) is 71.8 Å². The Bertz CT molecular complexity index is 1120. The van der Waals surface area contributed by atoms with Crippen molar-refractivity contribution in [2.24, 2.45) is 0 Å². The van der Waals surface area contributed by atoms with Crippen molar-refractivity contribution in [2.45, 2.75) is 64.4 Å². The van der Waals surface area contributed by atoms with Crippen LogP contribution in [0.3, 0.4) is 0 Å². The maximum atomic E-state index is 12.6. The number of hydrogen-bond acceptors (Lipinski definition) is 6. The molecule has 0 saturated carbocycles. The van der Waals surface area contributed by atoms with E-state index in [-0.39, 0.29) is 37.9 Å². The maximum Gasteiger partial charge on any atom is 0.407 e. The first-order valence-electron chi connectivity index (χ1n) is 13.9. The number of rotatable bonds is 13. The number of nitrogens with one attached hydrogen (secondary N) is 2. The van der Waals surface area contributed by atoms with E-state index in [0.717, 1.165) is 17.6 Å². The number of fused-ring (bicyclic) bond motifs is 1. The summed E-state index contributed by atoms with van der Waals surface area (Å²) in [5.74, 6) is -1.59. The lowest BCUT2D eigenvalue weighted by molar-refractivity contribution is -0.144. The first kappa shape index (κ1) is 33.1. The third-order valence-electron chi connectivity index (χ3n) is 6.22. The Morgan fingerprint density at radius 2 is 1.76 bits per heavy atom. The first-order valence-corrected chi connectivity index (χ1v) is 13.9. The molecular weight excluding hydrogens is 526 g/mol. The molecule has 1 unspecified atom stereocenters. The van der Waals surface area contributed by atoms with Crippen LogP contribution in [0.15, 0.2) is 60.7 Å². The largest absolute Gasteiger partial charge is 0.480 e. The number of allylic oxidation sites excluding steroid dienone is 4. The molecule has 3 amide bonds. The third-order valence-corrected chi connectivity index (χ3v) is 6.22. The number of ether oxygens (including phenoxy) is 2. The highest BCUT2D eigenvalue weighted by atomic mass is 16.6. The Labute approximate surface area is 242 Å². The van der Waals surface area contributed by atoms with Crippen LogP contribution in [0.1, 0.15) is 63.5 Å². The second-order valence-corrected chi connectivity index (χ2v) is 10.8. The van der Waals surface area contributed by atoms with Crippen LogP contribution in [-0.2, 0) is 25.5 Å². The minimum absolute atomic E-state index is 0.0575. The van der Waals surface area contributed by atoms with Crippen LogP contribution in [0, 0.1) is 0 Å². The van der Waals surface area contributed by atoms with E-state index in [1.165, 1.54) is 10.5 Å². The Kier molecular flexibility index (Phi) is 13.6. The quantitative estimate of drug-likeness (QED) is 0.293. The van der Waals surface area contributed by atoms with Crippen molar-refractivity contribution in [1.82, 2.24) is 15.5 Å². The van der Waals surface area contributed by atoms with Crippen LogP contribution in [0.25, 0.3) is 0 Å². The van der Waals surface area contributed by atoms with Crippen LogP contribution in [-0.4, -0.2) is 72.5 Å². The highest BCUT2D eigenvalue weighted by molar-refractivity contribution is 5.81. The topological polar surface area (TPSA) is 134 Å². The van der Waals surface area contributed by atoms with Crippen LogP contribution in [0.4, 0.5) is 9.59 Å². The lowest BCUT2D eigenvalue weighted by atomic mass is 9.88. The van der Waals surface area contributed by atoms with Gasteiger partial charge in [-0.1, -0.05) is 61.6 Å². The molecule has 1 aliphatic rings. The molecule has 0 heterocycles. The van der Waals surface area contributed by atoms with E-state index in [0.29, 0.717) is 25.8 Å². The summed E-state index contributed by atoms with van der Waals surface area (Å²) in [6.45, 7) is 9.61. The highest BCUT2D eigenvalue weighted by Gasteiger charge is 2.20. The van der Waals surface area contributed by atoms with Gasteiger partial charge in [-0.2, -0.15) is 0 Å². The molecule has 1 aromatic rings. The number of unbranched alkanes of at least 4 members (excludes halogenated alkanes) is 2. The van der Waals surface area contributed by atoms with Crippen molar-refractivity contribution >= 4 is 24.1 Å². The SMILES string of the molecule is C=C1/C=C\C=C/Cc2ccccc2C1COC(=O)NCCCCCC(=O)N(CCNC(=O)OC(C)(C)C)CC(=O)O. The predicted octanol–water partition coefficient (Wildman–Crippen LogP) is 4.72. The zero-order valence-corrected chi connectivity index (χ0v) is 24.3. The molecule has 2 rings (SSSR count). The van der Waals surface area contributed by atoms with Crippen LogP contribution < -0.4 is 10.6 Å². The first-order chi connectivity index (χ1) is 19.5. The molecular formula is C31H43N3O7. The zero-order valence-electron chi connectivity index (χ0n) is 24.3. The molecule has 224 valence electrons. The van der Waals surface area contributed by atoms with Crippen molar-refractivity contribution in [3.63, 3.8) is 0 Å². The van der Waals surface area contributed by atoms with Gasteiger partial charge in [-0.3, -0.25) is 9.59 Å². The molecule has 1 aromatic carbocycles. The van der Waals surface area contributed by atoms with Gasteiger partial charge in [0.05, 0.1) is 0 Å². The molecule has 0 spiro atoms. The van der Waals surface area contributed by atoms with Crippen molar-refractivity contribution < 1.29 is 33.8 Å². The number of carbonyl (C=O) groups excluding carboxylic acids is 3. The molecule has 10 nitrogen and oxygen atoms in total. The lowest BCUT2D eigenvalue weighted by Gasteiger charge is -2.23. The molecule has 1 aliphatic carbocycles. The van der Waals surface area contributed by atoms with Gasteiger partial charge >= 0.3 is 18.2 Å². The van der Waals surface area contributed by atoms with Gasteiger partial charge in [0.1, 0.15) is 18.8 Å². The summed E-state index contributed by atoms with van der Waals surface area (Å²) in [7, 11) is 0. The average molecular weight is 570 g/mol. The predicted molar refractivity (Wildman–Crippen MR) is 157 cm³/mol. The molecule has 3 N–H and O–H groups in total. The third kappa shape index (κ3) is 13.2. The van der Waals surface area contributed by atoms with E-state index in [4.69, 9.17) is 14.6 Å². The fraction of sp³-hybridized carbons (Fsp3) is 0.484. The second kappa shape index (κ2) is 16.9. The molecule has 1 atom stereocenters. The Hall–Kier alpha value is -4.08. The van der Waals surface area contributed by atoms with E-state index in [2.05, 4.69) is 29.4 Å². The van der Waals surface area contributed by atoms with E-state index >= 15 is 0 Å². The van der Waals surface area contributed by atoms with Crippen molar-refractivity contribution in [3.8, 4) is 0 Å². The van der Waals surface area contributed by atoms with E-state index in [1.807, 2.05) is 36.4 Å². The summed E-state index contributed by atoms with van der Waals surface area (Å²) in [4.78, 5) is 49.1. The molecule has 41 heavy (non-hydrogen) atoms. The molecule has 10 heteroatoms. The van der Waals surface area contributed by atoms with Gasteiger partial charge in [0.2, 0.25) is 5.91 Å². The molecule has 0 bridgehead atoms. The van der Waals surface area contributed by atoms with Gasteiger partial charge in [-0.05, 0) is 56.7 Å². The molecule has 0 fully saturated rings. The van der Waals surface area contributed by atoms with Crippen LogP contribution in [0.2, 0.25) is 0 Å². The van der Waals surface area contributed by atoms with Gasteiger partial charge in [-0.15, -0.1) is 0 Å². The molecule has 0 aromatic heterocycles. The number of alkyl carbamates (subject to hydrolysis) is 2. The standard InChI is InChI=1S/C31H43N3O7/c1-23-13-7-5-8-14-24-15-10-11-16-25(24)26(23)22-40-29(38)32-18-12-6-9-17-27(35)34(21-28(36)37)20-19-33-30(39)41-31(2,3)4/h5,7-8,10-11,13,15-16,26H,1,6,9,12,14,17-22H2,2-4H3,(H,32,38)(H,33,39)(H,36,37)/b8-5-,13-7-. The number of carbonyl (C=O) groups is 4. The fourth-order valence-electron chi connectivity index (χ4n) is 4.22. The smallest absolute Gasteiger partial charge is 0.407 e. The fourth-order valence-corrected chi connectivity index (χ4v) is 4.22. The minimum Gasteiger partial charge on any atom is -0.480 e. The van der Waals surface area contributed by atoms with Crippen LogP contribution in [0.5, 0.6) is 0 Å².